The minimum atomic E-state index is -3.68. The zero-order valence-electron chi connectivity index (χ0n) is 16.1. The number of hydrogen-bond acceptors (Lipinski definition) is 5. The molecule has 1 amide bonds. The molecule has 1 heterocycles. The van der Waals surface area contributed by atoms with Crippen LogP contribution in [0, 0.1) is 0 Å². The highest BCUT2D eigenvalue weighted by molar-refractivity contribution is 9.10. The number of carbonyl (C=O) groups is 1. The summed E-state index contributed by atoms with van der Waals surface area (Å²) in [4.78, 5) is 16.6. The Bertz CT molecular complexity index is 1110. The summed E-state index contributed by atoms with van der Waals surface area (Å²) in [6, 6.07) is 11.8. The Morgan fingerprint density at radius 2 is 1.86 bits per heavy atom. The van der Waals surface area contributed by atoms with Crippen LogP contribution in [0.2, 0.25) is 0 Å². The number of sulfonamides is 1. The van der Waals surface area contributed by atoms with Crippen LogP contribution in [-0.4, -0.2) is 47.5 Å². The second kappa shape index (κ2) is 8.44. The van der Waals surface area contributed by atoms with Gasteiger partial charge in [0.25, 0.3) is 5.91 Å². The van der Waals surface area contributed by atoms with Crippen LogP contribution in [0.5, 0.6) is 0 Å². The van der Waals surface area contributed by atoms with Crippen molar-refractivity contribution < 1.29 is 13.2 Å². The van der Waals surface area contributed by atoms with E-state index in [2.05, 4.69) is 31.3 Å². The van der Waals surface area contributed by atoms with Gasteiger partial charge in [0.15, 0.2) is 0 Å². The van der Waals surface area contributed by atoms with Crippen LogP contribution in [0.1, 0.15) is 28.9 Å². The van der Waals surface area contributed by atoms with Crippen LogP contribution in [0.15, 0.2) is 64.5 Å². The van der Waals surface area contributed by atoms with Crippen LogP contribution in [0.25, 0.3) is 5.69 Å². The summed E-state index contributed by atoms with van der Waals surface area (Å²) in [6.07, 6.45) is 3.06. The van der Waals surface area contributed by atoms with Gasteiger partial charge in [-0.05, 0) is 58.7 Å². The summed E-state index contributed by atoms with van der Waals surface area (Å²) >= 11 is 3.25. The molecule has 1 atom stereocenters. The molecule has 0 aliphatic carbocycles. The highest BCUT2D eigenvalue weighted by atomic mass is 79.9. The summed E-state index contributed by atoms with van der Waals surface area (Å²) in [5.41, 5.74) is 2.02. The van der Waals surface area contributed by atoms with Crippen molar-refractivity contribution >= 4 is 31.9 Å². The number of hydrogen-bond donors (Lipinski definition) is 1. The first-order valence-electron chi connectivity index (χ1n) is 8.68. The van der Waals surface area contributed by atoms with E-state index in [-0.39, 0.29) is 22.4 Å². The number of aromatic nitrogens is 3. The Balaban J connectivity index is 1.78. The molecule has 0 spiro atoms. The first kappa shape index (κ1) is 21.2. The van der Waals surface area contributed by atoms with Gasteiger partial charge >= 0.3 is 0 Å². The molecule has 0 bridgehead atoms. The molecule has 10 heteroatoms. The van der Waals surface area contributed by atoms with Gasteiger partial charge in [0.1, 0.15) is 12.7 Å². The molecule has 0 fully saturated rings. The van der Waals surface area contributed by atoms with E-state index in [4.69, 9.17) is 0 Å². The fourth-order valence-corrected chi connectivity index (χ4v) is 4.50. The molecule has 3 rings (SSSR count). The lowest BCUT2D eigenvalue weighted by Gasteiger charge is -2.17. The quantitative estimate of drug-likeness (QED) is 0.588. The predicted octanol–water partition coefficient (Wildman–Crippen LogP) is 2.77. The van der Waals surface area contributed by atoms with E-state index < -0.39 is 10.0 Å². The lowest BCUT2D eigenvalue weighted by molar-refractivity contribution is 0.0939. The summed E-state index contributed by atoms with van der Waals surface area (Å²) in [5, 5.41) is 6.97. The van der Waals surface area contributed by atoms with Gasteiger partial charge in [-0.1, -0.05) is 12.1 Å². The van der Waals surface area contributed by atoms with Gasteiger partial charge in [-0.25, -0.2) is 22.4 Å². The topological polar surface area (TPSA) is 97.2 Å². The number of nitrogens with one attached hydrogen (secondary N) is 1. The third-order valence-electron chi connectivity index (χ3n) is 4.38. The molecule has 0 aliphatic heterocycles. The van der Waals surface area contributed by atoms with Gasteiger partial charge in [0, 0.05) is 24.1 Å². The van der Waals surface area contributed by atoms with Crippen LogP contribution < -0.4 is 5.32 Å². The lowest BCUT2D eigenvalue weighted by Crippen LogP contribution is -2.27. The maximum atomic E-state index is 12.7. The number of benzene rings is 2. The molecule has 3 aromatic rings. The zero-order chi connectivity index (χ0) is 21.2. The first-order valence-corrected chi connectivity index (χ1v) is 10.9. The molecule has 1 N–H and O–H groups in total. The van der Waals surface area contributed by atoms with Gasteiger partial charge in [0.05, 0.1) is 16.6 Å². The van der Waals surface area contributed by atoms with E-state index in [1.807, 2.05) is 31.2 Å². The van der Waals surface area contributed by atoms with Crippen molar-refractivity contribution in [1.29, 1.82) is 0 Å². The molecule has 0 saturated carbocycles. The van der Waals surface area contributed by atoms with E-state index >= 15 is 0 Å². The monoisotopic (exact) mass is 477 g/mol. The fraction of sp³-hybridized carbons (Fsp3) is 0.211. The standard InChI is InChI=1S/C19H20BrN5O3S/c1-13(14-4-7-16(8-5-14)25-12-21-11-22-25)23-19(26)15-6-9-17(20)18(10-15)29(27,28)24(2)3/h4-13H,1-3H3,(H,23,26). The van der Waals surface area contributed by atoms with Gasteiger partial charge in [-0.3, -0.25) is 4.79 Å². The average molecular weight is 478 g/mol. The molecule has 29 heavy (non-hydrogen) atoms. The molecule has 0 aliphatic rings. The minimum Gasteiger partial charge on any atom is -0.346 e. The zero-order valence-corrected chi connectivity index (χ0v) is 18.5. The Morgan fingerprint density at radius 3 is 2.45 bits per heavy atom. The largest absolute Gasteiger partial charge is 0.346 e. The van der Waals surface area contributed by atoms with Crippen LogP contribution in [-0.2, 0) is 10.0 Å². The van der Waals surface area contributed by atoms with Crippen LogP contribution in [0.3, 0.4) is 0 Å². The Kier molecular flexibility index (Phi) is 6.15. The average Bonchev–Trinajstić information content (AvgIpc) is 3.23. The van der Waals surface area contributed by atoms with E-state index in [1.165, 1.54) is 26.5 Å². The molecule has 1 unspecified atom stereocenters. The maximum Gasteiger partial charge on any atom is 0.251 e. The fourth-order valence-electron chi connectivity index (χ4n) is 2.66. The number of halogens is 1. The Morgan fingerprint density at radius 1 is 1.17 bits per heavy atom. The summed E-state index contributed by atoms with van der Waals surface area (Å²) < 4.78 is 28.1. The van der Waals surface area contributed by atoms with Crippen molar-refractivity contribution in [3.63, 3.8) is 0 Å². The number of nitrogens with zero attached hydrogens (tertiary/aromatic N) is 4. The first-order chi connectivity index (χ1) is 13.7. The van der Waals surface area contributed by atoms with E-state index in [9.17, 15) is 13.2 Å². The molecule has 8 nitrogen and oxygen atoms in total. The van der Waals surface area contributed by atoms with Crippen molar-refractivity contribution in [3.05, 3.63) is 70.7 Å². The van der Waals surface area contributed by atoms with Crippen molar-refractivity contribution in [3.8, 4) is 5.69 Å². The van der Waals surface area contributed by atoms with Crippen LogP contribution in [0.4, 0.5) is 0 Å². The minimum absolute atomic E-state index is 0.0417. The predicted molar refractivity (Wildman–Crippen MR) is 112 cm³/mol. The summed E-state index contributed by atoms with van der Waals surface area (Å²) in [7, 11) is -0.789. The van der Waals surface area contributed by atoms with E-state index in [1.54, 1.807) is 23.1 Å². The Hall–Kier alpha value is -2.56. The molecule has 0 radical (unpaired) electrons. The highest BCUT2D eigenvalue weighted by Crippen LogP contribution is 2.25. The molecular formula is C19H20BrN5O3S. The number of carbonyl (C=O) groups excluding carboxylic acids is 1. The van der Waals surface area contributed by atoms with Crippen molar-refractivity contribution in [1.82, 2.24) is 24.4 Å². The molecule has 2 aromatic carbocycles. The lowest BCUT2D eigenvalue weighted by atomic mass is 10.1. The summed E-state index contributed by atoms with van der Waals surface area (Å²) in [6.45, 7) is 1.86. The second-order valence-corrected chi connectivity index (χ2v) is 9.53. The molecule has 152 valence electrons. The normalized spacial score (nSPS) is 12.7. The van der Waals surface area contributed by atoms with Gasteiger partial charge < -0.3 is 5.32 Å². The van der Waals surface area contributed by atoms with E-state index in [0.717, 1.165) is 15.6 Å². The van der Waals surface area contributed by atoms with Crippen molar-refractivity contribution in [2.45, 2.75) is 17.9 Å². The van der Waals surface area contributed by atoms with Crippen LogP contribution >= 0.6 is 15.9 Å². The summed E-state index contributed by atoms with van der Waals surface area (Å²) in [5.74, 6) is -0.361. The molecule has 1 aromatic heterocycles. The van der Waals surface area contributed by atoms with Gasteiger partial charge in [0.2, 0.25) is 10.0 Å². The van der Waals surface area contributed by atoms with Crippen molar-refractivity contribution in [2.24, 2.45) is 0 Å². The number of amides is 1. The third kappa shape index (κ3) is 4.55. The third-order valence-corrected chi connectivity index (χ3v) is 7.18. The Labute approximate surface area is 177 Å². The van der Waals surface area contributed by atoms with Crippen molar-refractivity contribution in [2.75, 3.05) is 14.1 Å². The number of rotatable bonds is 6. The van der Waals surface area contributed by atoms with E-state index in [0.29, 0.717) is 4.47 Å². The SMILES string of the molecule is CC(NC(=O)c1ccc(Br)c(S(=O)(=O)N(C)C)c1)c1ccc(-n2cncn2)cc1. The highest BCUT2D eigenvalue weighted by Gasteiger charge is 2.22. The molecule has 0 saturated heterocycles. The van der Waals surface area contributed by atoms with Gasteiger partial charge in [-0.2, -0.15) is 5.10 Å². The smallest absolute Gasteiger partial charge is 0.251 e. The van der Waals surface area contributed by atoms with Gasteiger partial charge in [-0.15, -0.1) is 0 Å². The molecular weight excluding hydrogens is 458 g/mol. The maximum absolute atomic E-state index is 12.7. The second-order valence-electron chi connectivity index (χ2n) is 6.56.